The van der Waals surface area contributed by atoms with E-state index in [-0.39, 0.29) is 11.3 Å². The van der Waals surface area contributed by atoms with E-state index >= 15 is 0 Å². The molecule has 2 saturated heterocycles. The number of rotatable bonds is 4. The first-order chi connectivity index (χ1) is 14.2. The lowest BCUT2D eigenvalue weighted by atomic mass is 9.71. The van der Waals surface area contributed by atoms with E-state index in [2.05, 4.69) is 32.0 Å². The van der Waals surface area contributed by atoms with Gasteiger partial charge in [0.25, 0.3) is 0 Å². The molecular weight excluding hydrogens is 366 g/mol. The second-order valence-corrected chi connectivity index (χ2v) is 8.05. The average molecular weight is 393 g/mol. The van der Waals surface area contributed by atoms with E-state index in [0.29, 0.717) is 12.5 Å². The number of nitrogens with zero attached hydrogens (tertiary/aromatic N) is 3. The summed E-state index contributed by atoms with van der Waals surface area (Å²) in [5.74, 6) is 1.81. The number of amides is 1. The lowest BCUT2D eigenvalue weighted by molar-refractivity contribution is -0.131. The summed E-state index contributed by atoms with van der Waals surface area (Å²) in [5.41, 5.74) is 1.83. The Bertz CT molecular complexity index is 1020. The minimum Gasteiger partial charge on any atom is -0.478 e. The third kappa shape index (κ3) is 3.05. The molecule has 0 aliphatic carbocycles. The van der Waals surface area contributed by atoms with Crippen LogP contribution in [0.1, 0.15) is 32.6 Å². The van der Waals surface area contributed by atoms with Gasteiger partial charge in [0.05, 0.1) is 23.9 Å². The number of imidazole rings is 1. The minimum atomic E-state index is -0.261. The molecule has 5 rings (SSSR count). The quantitative estimate of drug-likeness (QED) is 0.708. The highest BCUT2D eigenvalue weighted by atomic mass is 16.5. The Morgan fingerprint density at radius 3 is 2.83 bits per heavy atom. The first kappa shape index (κ1) is 18.1. The third-order valence-electron chi connectivity index (χ3n) is 6.45. The minimum absolute atomic E-state index is 0.261. The van der Waals surface area contributed by atoms with Crippen molar-refractivity contribution in [1.29, 1.82) is 0 Å². The fourth-order valence-electron chi connectivity index (χ4n) is 4.87. The van der Waals surface area contributed by atoms with Crippen molar-refractivity contribution >= 4 is 28.4 Å². The summed E-state index contributed by atoms with van der Waals surface area (Å²) < 4.78 is 5.49. The van der Waals surface area contributed by atoms with Crippen molar-refractivity contribution in [2.75, 3.05) is 36.0 Å². The van der Waals surface area contributed by atoms with Crippen LogP contribution in [0, 0.1) is 5.41 Å². The van der Waals surface area contributed by atoms with Crippen LogP contribution in [0.25, 0.3) is 10.9 Å². The summed E-state index contributed by atoms with van der Waals surface area (Å²) in [6, 6.07) is 8.19. The average Bonchev–Trinajstić information content (AvgIpc) is 3.39. The van der Waals surface area contributed by atoms with Gasteiger partial charge in [0.15, 0.2) is 0 Å². The van der Waals surface area contributed by atoms with Crippen LogP contribution in [0.15, 0.2) is 36.7 Å². The van der Waals surface area contributed by atoms with Gasteiger partial charge in [-0.05, 0) is 38.7 Å². The molecule has 0 atom stereocenters. The lowest BCUT2D eigenvalue weighted by Gasteiger charge is -2.46. The van der Waals surface area contributed by atoms with Gasteiger partial charge in [0, 0.05) is 36.7 Å². The molecule has 0 bridgehead atoms. The first-order valence-electron chi connectivity index (χ1n) is 10.5. The van der Waals surface area contributed by atoms with Crippen LogP contribution in [-0.4, -0.2) is 47.1 Å². The fourth-order valence-corrected chi connectivity index (χ4v) is 4.87. The van der Waals surface area contributed by atoms with Gasteiger partial charge >= 0.3 is 0 Å². The van der Waals surface area contributed by atoms with E-state index in [1.54, 1.807) is 6.20 Å². The number of nitrogens with one attached hydrogen (secondary N) is 2. The molecule has 152 valence electrons. The summed E-state index contributed by atoms with van der Waals surface area (Å²) in [6.07, 6.45) is 7.44. The second-order valence-electron chi connectivity index (χ2n) is 8.05. The zero-order valence-electron chi connectivity index (χ0n) is 16.8. The van der Waals surface area contributed by atoms with Crippen molar-refractivity contribution in [3.63, 3.8) is 0 Å². The molecule has 0 unspecified atom stereocenters. The van der Waals surface area contributed by atoms with Crippen molar-refractivity contribution in [1.82, 2.24) is 15.0 Å². The van der Waals surface area contributed by atoms with Crippen LogP contribution < -0.4 is 14.5 Å². The zero-order chi connectivity index (χ0) is 19.8. The van der Waals surface area contributed by atoms with Gasteiger partial charge in [-0.2, -0.15) is 0 Å². The molecule has 29 heavy (non-hydrogen) atoms. The van der Waals surface area contributed by atoms with Crippen LogP contribution in [0.2, 0.25) is 0 Å². The summed E-state index contributed by atoms with van der Waals surface area (Å²) >= 11 is 0. The third-order valence-corrected chi connectivity index (χ3v) is 6.45. The Balaban J connectivity index is 1.34. The van der Waals surface area contributed by atoms with Crippen molar-refractivity contribution in [3.05, 3.63) is 36.7 Å². The van der Waals surface area contributed by atoms with Gasteiger partial charge in [-0.15, -0.1) is 0 Å². The highest BCUT2D eigenvalue weighted by molar-refractivity contribution is 6.05. The van der Waals surface area contributed by atoms with Gasteiger partial charge < -0.3 is 19.5 Å². The maximum Gasteiger partial charge on any atom is 0.233 e. The maximum absolute atomic E-state index is 13.6. The topological polar surface area (TPSA) is 77.2 Å². The molecule has 2 aromatic heterocycles. The van der Waals surface area contributed by atoms with Gasteiger partial charge in [-0.1, -0.05) is 18.2 Å². The highest BCUT2D eigenvalue weighted by Crippen LogP contribution is 2.43. The number of piperidine rings is 2. The molecule has 3 aromatic rings. The van der Waals surface area contributed by atoms with Gasteiger partial charge in [-0.3, -0.25) is 9.78 Å². The molecule has 7 nitrogen and oxygen atoms in total. The summed E-state index contributed by atoms with van der Waals surface area (Å²) in [5, 5.41) is 1.12. The molecule has 2 aliphatic rings. The Hall–Kier alpha value is -2.96. The highest BCUT2D eigenvalue weighted by Gasteiger charge is 2.46. The number of aromatic amines is 2. The smallest absolute Gasteiger partial charge is 0.233 e. The van der Waals surface area contributed by atoms with E-state index < -0.39 is 0 Å². The molecule has 2 fully saturated rings. The number of hydrogen-bond acceptors (Lipinski definition) is 4. The van der Waals surface area contributed by atoms with E-state index in [4.69, 9.17) is 4.74 Å². The Labute approximate surface area is 170 Å². The molecule has 0 radical (unpaired) electrons. The summed E-state index contributed by atoms with van der Waals surface area (Å²) in [6.45, 7) is 5.02. The van der Waals surface area contributed by atoms with E-state index in [9.17, 15) is 4.79 Å². The number of para-hydroxylation sites is 1. The van der Waals surface area contributed by atoms with E-state index in [1.807, 2.05) is 30.2 Å². The van der Waals surface area contributed by atoms with Gasteiger partial charge in [0.2, 0.25) is 17.7 Å². The number of anilines is 2. The number of ether oxygens (including phenoxy) is 1. The van der Waals surface area contributed by atoms with Crippen LogP contribution >= 0.6 is 0 Å². The standard InChI is InChI=1S/C22H27N5O2/c1-2-29-19-15-24-21(25-19)26-12-9-22(10-13-26)8-5-11-27(20(22)28)18-14-23-17-7-4-3-6-16(17)18/h3-4,6-7,14-15,23H,2,5,8-13H2,1H3,(H,24,25). The van der Waals surface area contributed by atoms with E-state index in [1.165, 1.54) is 0 Å². The zero-order valence-corrected chi connectivity index (χ0v) is 16.8. The largest absolute Gasteiger partial charge is 0.478 e. The number of carbonyl (C=O) groups is 1. The normalized spacial score (nSPS) is 19.3. The number of carbonyl (C=O) groups excluding carboxylic acids is 1. The van der Waals surface area contributed by atoms with Gasteiger partial charge in [-0.25, -0.2) is 4.98 Å². The number of hydrogen-bond donors (Lipinski definition) is 2. The Kier molecular flexibility index (Phi) is 4.45. The lowest BCUT2D eigenvalue weighted by Crippen LogP contribution is -2.54. The Morgan fingerprint density at radius 2 is 2.00 bits per heavy atom. The molecule has 2 aliphatic heterocycles. The SMILES string of the molecule is CCOc1cnc(N2CCC3(CCCN(c4c[nH]c5ccccc45)C3=O)CC2)[nH]1. The van der Waals surface area contributed by atoms with Gasteiger partial charge in [0.1, 0.15) is 0 Å². The molecule has 1 spiro atoms. The van der Waals surface area contributed by atoms with Crippen LogP contribution in [0.3, 0.4) is 0 Å². The van der Waals surface area contributed by atoms with E-state index in [0.717, 1.165) is 67.9 Å². The predicted octanol–water partition coefficient (Wildman–Crippen LogP) is 3.70. The number of benzene rings is 1. The molecule has 1 aromatic carbocycles. The molecule has 2 N–H and O–H groups in total. The molecule has 4 heterocycles. The second kappa shape index (κ2) is 7.13. The number of fused-ring (bicyclic) bond motifs is 1. The molecule has 0 saturated carbocycles. The van der Waals surface area contributed by atoms with Crippen molar-refractivity contribution in [2.24, 2.45) is 5.41 Å². The number of H-pyrrole nitrogens is 2. The summed E-state index contributed by atoms with van der Waals surface area (Å²) in [7, 11) is 0. The summed E-state index contributed by atoms with van der Waals surface area (Å²) in [4.78, 5) is 28.9. The monoisotopic (exact) mass is 393 g/mol. The van der Waals surface area contributed by atoms with Crippen LogP contribution in [-0.2, 0) is 4.79 Å². The van der Waals surface area contributed by atoms with Crippen molar-refractivity contribution in [2.45, 2.75) is 32.6 Å². The van der Waals surface area contributed by atoms with Crippen molar-refractivity contribution < 1.29 is 9.53 Å². The Morgan fingerprint density at radius 1 is 1.17 bits per heavy atom. The molecule has 7 heteroatoms. The predicted molar refractivity (Wildman–Crippen MR) is 114 cm³/mol. The fraction of sp³-hybridized carbons (Fsp3) is 0.455. The van der Waals surface area contributed by atoms with Crippen molar-refractivity contribution in [3.8, 4) is 5.88 Å². The molecule has 1 amide bonds. The van der Waals surface area contributed by atoms with Crippen LogP contribution in [0.5, 0.6) is 5.88 Å². The molecular formula is C22H27N5O2. The first-order valence-corrected chi connectivity index (χ1v) is 10.5. The number of aromatic nitrogens is 3. The van der Waals surface area contributed by atoms with Crippen LogP contribution in [0.4, 0.5) is 11.6 Å². The maximum atomic E-state index is 13.6.